The molecule has 1 amide bonds. The Labute approximate surface area is 174 Å². The number of amides is 1. The zero-order chi connectivity index (χ0) is 21.2. The second-order valence-electron chi connectivity index (χ2n) is 9.89. The van der Waals surface area contributed by atoms with Gasteiger partial charge in [0, 0.05) is 12.7 Å². The van der Waals surface area contributed by atoms with E-state index in [0.717, 1.165) is 27.6 Å². The number of anilines is 1. The molecule has 2 aromatic carbocycles. The maximum atomic E-state index is 14.3. The Morgan fingerprint density at radius 3 is 2.14 bits per heavy atom. The molecular weight excluding hydrogens is 374 g/mol. The van der Waals surface area contributed by atoms with Crippen molar-refractivity contribution in [3.05, 3.63) is 70.9 Å². The number of likely N-dealkylation sites (N-methyl/N-ethyl adjacent to an activating group) is 1. The van der Waals surface area contributed by atoms with E-state index in [0.29, 0.717) is 6.42 Å². The first-order chi connectivity index (χ1) is 13.5. The van der Waals surface area contributed by atoms with Crippen LogP contribution in [0.3, 0.4) is 0 Å². The van der Waals surface area contributed by atoms with Crippen LogP contribution in [-0.2, 0) is 15.0 Å². The molecule has 29 heavy (non-hydrogen) atoms. The molecule has 0 bridgehead atoms. The van der Waals surface area contributed by atoms with Crippen molar-refractivity contribution in [2.45, 2.75) is 50.7 Å². The maximum Gasteiger partial charge on any atom is 0.245 e. The molecule has 150 valence electrons. The lowest BCUT2D eigenvalue weighted by atomic mass is 9.77. The van der Waals surface area contributed by atoms with E-state index in [-0.39, 0.29) is 16.7 Å². The van der Waals surface area contributed by atoms with Gasteiger partial charge < -0.3 is 4.90 Å². The third-order valence-corrected chi connectivity index (χ3v) is 12.9. The molecule has 0 saturated heterocycles. The second-order valence-corrected chi connectivity index (χ2v) is 15.1. The number of ketones is 1. The number of hydrogen-bond donors (Lipinski definition) is 0. The fourth-order valence-electron chi connectivity index (χ4n) is 4.73. The van der Waals surface area contributed by atoms with Crippen molar-refractivity contribution in [3.8, 4) is 0 Å². The number of nitrogens with zero attached hydrogens (tertiary/aromatic N) is 1. The Bertz CT molecular complexity index is 1050. The van der Waals surface area contributed by atoms with E-state index in [4.69, 9.17) is 0 Å². The number of carbonyl (C=O) groups is 2. The van der Waals surface area contributed by atoms with Crippen LogP contribution in [0.5, 0.6) is 0 Å². The minimum absolute atomic E-state index is 0.00335. The summed E-state index contributed by atoms with van der Waals surface area (Å²) in [7, 11) is -0.400. The van der Waals surface area contributed by atoms with Crippen LogP contribution in [0.15, 0.2) is 59.8 Å². The third kappa shape index (κ3) is 2.55. The highest BCUT2D eigenvalue weighted by Gasteiger charge is 2.62. The van der Waals surface area contributed by atoms with Crippen LogP contribution in [0, 0.1) is 0 Å². The van der Waals surface area contributed by atoms with Gasteiger partial charge in [-0.25, -0.2) is 0 Å². The molecular formula is C25H29NO2Si. The summed E-state index contributed by atoms with van der Waals surface area (Å²) >= 11 is 0. The van der Waals surface area contributed by atoms with Gasteiger partial charge in [0.25, 0.3) is 0 Å². The second kappa shape index (κ2) is 6.27. The van der Waals surface area contributed by atoms with Gasteiger partial charge in [-0.3, -0.25) is 9.59 Å². The molecule has 0 fully saturated rings. The van der Waals surface area contributed by atoms with Crippen LogP contribution < -0.4 is 4.90 Å². The van der Waals surface area contributed by atoms with Crippen LogP contribution in [0.2, 0.25) is 18.1 Å². The fraction of sp³-hybridized carbons (Fsp3) is 0.360. The molecule has 1 atom stereocenters. The van der Waals surface area contributed by atoms with E-state index < -0.39 is 13.5 Å². The van der Waals surface area contributed by atoms with E-state index in [9.17, 15) is 9.59 Å². The summed E-state index contributed by atoms with van der Waals surface area (Å²) in [6.07, 6.45) is 0.456. The average molecular weight is 404 g/mol. The van der Waals surface area contributed by atoms with E-state index in [1.807, 2.05) is 42.5 Å². The number of allylic oxidation sites excluding steroid dienone is 2. The minimum atomic E-state index is -2.19. The molecule has 2 aromatic rings. The van der Waals surface area contributed by atoms with Crippen LogP contribution >= 0.6 is 0 Å². The molecule has 1 aliphatic heterocycles. The summed E-state index contributed by atoms with van der Waals surface area (Å²) in [5.41, 5.74) is 2.74. The monoisotopic (exact) mass is 403 g/mol. The Balaban J connectivity index is 2.00. The first-order valence-electron chi connectivity index (χ1n) is 10.2. The van der Waals surface area contributed by atoms with Crippen molar-refractivity contribution < 1.29 is 9.59 Å². The number of rotatable bonds is 2. The minimum Gasteiger partial charge on any atom is -0.314 e. The van der Waals surface area contributed by atoms with Crippen molar-refractivity contribution >= 4 is 31.0 Å². The quantitative estimate of drug-likeness (QED) is 0.499. The van der Waals surface area contributed by atoms with Crippen LogP contribution in [0.4, 0.5) is 5.69 Å². The number of benzene rings is 2. The van der Waals surface area contributed by atoms with Crippen LogP contribution in [-0.4, -0.2) is 26.8 Å². The van der Waals surface area contributed by atoms with Crippen LogP contribution in [0.25, 0.3) is 5.57 Å². The Morgan fingerprint density at radius 2 is 1.52 bits per heavy atom. The van der Waals surface area contributed by atoms with Gasteiger partial charge >= 0.3 is 0 Å². The zero-order valence-corrected chi connectivity index (χ0v) is 19.2. The lowest BCUT2D eigenvalue weighted by Crippen LogP contribution is -2.48. The smallest absolute Gasteiger partial charge is 0.245 e. The highest BCUT2D eigenvalue weighted by atomic mass is 28.3. The molecule has 1 heterocycles. The molecule has 0 saturated carbocycles. The van der Waals surface area contributed by atoms with Crippen molar-refractivity contribution in [2.24, 2.45) is 0 Å². The van der Waals surface area contributed by atoms with Gasteiger partial charge in [0.2, 0.25) is 5.91 Å². The zero-order valence-electron chi connectivity index (χ0n) is 18.2. The first kappa shape index (κ1) is 19.8. The van der Waals surface area contributed by atoms with Gasteiger partial charge in [-0.1, -0.05) is 82.4 Å². The summed E-state index contributed by atoms with van der Waals surface area (Å²) in [5.74, 6) is -0.0596. The molecule has 0 radical (unpaired) electrons. The molecule has 0 N–H and O–H groups in total. The van der Waals surface area contributed by atoms with Crippen molar-refractivity contribution in [1.82, 2.24) is 0 Å². The van der Waals surface area contributed by atoms with E-state index in [1.54, 1.807) is 11.9 Å². The maximum absolute atomic E-state index is 14.3. The third-order valence-electron chi connectivity index (χ3n) is 7.38. The van der Waals surface area contributed by atoms with E-state index in [1.165, 1.54) is 0 Å². The number of fused-ring (bicyclic) bond motifs is 2. The summed E-state index contributed by atoms with van der Waals surface area (Å²) in [6, 6.07) is 17.9. The number of Topliss-reactive ketones (excluding diaryl/α,β-unsaturated/α-hetero) is 1. The largest absolute Gasteiger partial charge is 0.314 e. The normalized spacial score (nSPS) is 22.1. The molecule has 1 aliphatic carbocycles. The van der Waals surface area contributed by atoms with Crippen molar-refractivity contribution in [2.75, 3.05) is 11.9 Å². The number of para-hydroxylation sites is 1. The topological polar surface area (TPSA) is 37.4 Å². The lowest BCUT2D eigenvalue weighted by molar-refractivity contribution is -0.130. The van der Waals surface area contributed by atoms with Gasteiger partial charge in [0.15, 0.2) is 5.78 Å². The number of carbonyl (C=O) groups excluding carboxylic acids is 2. The van der Waals surface area contributed by atoms with E-state index in [2.05, 4.69) is 46.0 Å². The lowest BCUT2D eigenvalue weighted by Gasteiger charge is -2.39. The molecule has 0 unspecified atom stereocenters. The fourth-order valence-corrected chi connectivity index (χ4v) is 7.25. The standard InChI is InChI=1S/C25H29NO2Si/c1-24(2,3)29(5,6)21-18(17-12-8-7-9-13-17)16-25(22(21)27)19-14-10-11-15-20(19)26(4)23(25)28/h7-15H,16H2,1-6H3/t25-/m1/s1. The van der Waals surface area contributed by atoms with Gasteiger partial charge in [-0.05, 0) is 39.4 Å². The summed E-state index contributed by atoms with van der Waals surface area (Å²) in [5, 5.41) is 0.936. The highest BCUT2D eigenvalue weighted by molar-refractivity contribution is 6.92. The highest BCUT2D eigenvalue weighted by Crippen LogP contribution is 2.57. The van der Waals surface area contributed by atoms with Crippen LogP contribution in [0.1, 0.15) is 38.3 Å². The molecule has 4 rings (SSSR count). The van der Waals surface area contributed by atoms with E-state index >= 15 is 0 Å². The predicted molar refractivity (Wildman–Crippen MR) is 122 cm³/mol. The Kier molecular flexibility index (Phi) is 4.29. The summed E-state index contributed by atoms with van der Waals surface area (Å²) < 4.78 is 0. The average Bonchev–Trinajstić information content (AvgIpc) is 3.11. The van der Waals surface area contributed by atoms with Crippen molar-refractivity contribution in [3.63, 3.8) is 0 Å². The first-order valence-corrected chi connectivity index (χ1v) is 13.2. The predicted octanol–water partition coefficient (Wildman–Crippen LogP) is 5.38. The SMILES string of the molecule is CN1C(=O)[C@]2(CC(c3ccccc3)=C([Si](C)(C)C(C)(C)C)C2=O)c2ccccc21. The van der Waals surface area contributed by atoms with Gasteiger partial charge in [0.1, 0.15) is 5.41 Å². The summed E-state index contributed by atoms with van der Waals surface area (Å²) in [6.45, 7) is 11.2. The molecule has 1 spiro atoms. The number of hydrogen-bond acceptors (Lipinski definition) is 2. The Hall–Kier alpha value is -2.46. The molecule has 0 aromatic heterocycles. The van der Waals surface area contributed by atoms with Gasteiger partial charge in [-0.15, -0.1) is 0 Å². The summed E-state index contributed by atoms with van der Waals surface area (Å²) in [4.78, 5) is 29.5. The van der Waals surface area contributed by atoms with Crippen molar-refractivity contribution in [1.29, 1.82) is 0 Å². The van der Waals surface area contributed by atoms with Gasteiger partial charge in [0.05, 0.1) is 8.07 Å². The Morgan fingerprint density at radius 1 is 0.931 bits per heavy atom. The molecule has 2 aliphatic rings. The molecule has 4 heteroatoms. The van der Waals surface area contributed by atoms with Gasteiger partial charge in [-0.2, -0.15) is 0 Å². The molecule has 3 nitrogen and oxygen atoms in total.